The molecule has 5 rings (SSSR count). The highest BCUT2D eigenvalue weighted by molar-refractivity contribution is 8.18. The van der Waals surface area contributed by atoms with Crippen molar-refractivity contribution in [3.8, 4) is 11.5 Å². The molecule has 0 unspecified atom stereocenters. The molecule has 0 atom stereocenters. The van der Waals surface area contributed by atoms with Crippen LogP contribution in [0.15, 0.2) is 88.8 Å². The average molecular weight is 486 g/mol. The van der Waals surface area contributed by atoms with E-state index in [-0.39, 0.29) is 5.91 Å². The monoisotopic (exact) mass is 485 g/mol. The highest BCUT2D eigenvalue weighted by Crippen LogP contribution is 2.34. The molecule has 1 fully saturated rings. The lowest BCUT2D eigenvalue weighted by Crippen LogP contribution is -2.47. The molecule has 178 valence electrons. The molecule has 35 heavy (non-hydrogen) atoms. The van der Waals surface area contributed by atoms with Crippen molar-refractivity contribution in [2.45, 2.75) is 6.61 Å². The Morgan fingerprint density at radius 1 is 0.886 bits per heavy atom. The first-order valence-corrected chi connectivity index (χ1v) is 12.4. The number of amidine groups is 1. The zero-order chi connectivity index (χ0) is 24.0. The number of thioether (sulfide) groups is 1. The summed E-state index contributed by atoms with van der Waals surface area (Å²) in [6, 6.07) is 26.1. The third-order valence-electron chi connectivity index (χ3n) is 6.00. The van der Waals surface area contributed by atoms with Crippen molar-refractivity contribution in [3.05, 3.63) is 94.9 Å². The Labute approximate surface area is 209 Å². The maximum atomic E-state index is 12.6. The minimum absolute atomic E-state index is 0.196. The largest absolute Gasteiger partial charge is 0.493 e. The van der Waals surface area contributed by atoms with Crippen LogP contribution in [0.4, 0.5) is 5.69 Å². The molecule has 0 radical (unpaired) electrons. The van der Waals surface area contributed by atoms with Crippen molar-refractivity contribution in [2.24, 2.45) is 4.99 Å². The Balaban J connectivity index is 1.21. The minimum atomic E-state index is -0.196. The third-order valence-corrected chi connectivity index (χ3v) is 7.05. The van der Waals surface area contributed by atoms with E-state index in [1.807, 2.05) is 60.7 Å². The number of methoxy groups -OCH3 is 1. The summed E-state index contributed by atoms with van der Waals surface area (Å²) in [6.45, 7) is 3.93. The lowest BCUT2D eigenvalue weighted by atomic mass is 10.2. The standard InChI is InChI=1S/C28H27N3O3S/c1-33-25-18-22(12-13-24(25)34-20-21-8-4-2-5-9-21)19-26-27(32)29-28(35-26)31-16-14-30(15-17-31)23-10-6-3-7-11-23/h2-13,18-19H,14-17,20H2,1H3/b26-19-. The van der Waals surface area contributed by atoms with Crippen LogP contribution in [-0.2, 0) is 11.4 Å². The van der Waals surface area contributed by atoms with Crippen LogP contribution in [0.2, 0.25) is 0 Å². The first-order chi connectivity index (χ1) is 17.2. The summed E-state index contributed by atoms with van der Waals surface area (Å²) in [5.41, 5.74) is 3.19. The third kappa shape index (κ3) is 5.52. The number of aliphatic imine (C=N–C) groups is 1. The summed E-state index contributed by atoms with van der Waals surface area (Å²) < 4.78 is 11.5. The molecular formula is C28H27N3O3S. The maximum Gasteiger partial charge on any atom is 0.286 e. The first kappa shape index (κ1) is 23.1. The molecule has 3 aromatic carbocycles. The van der Waals surface area contributed by atoms with E-state index in [1.54, 1.807) is 7.11 Å². The van der Waals surface area contributed by atoms with Crippen molar-refractivity contribution in [1.82, 2.24) is 4.90 Å². The van der Waals surface area contributed by atoms with Crippen molar-refractivity contribution < 1.29 is 14.3 Å². The number of nitrogens with zero attached hydrogens (tertiary/aromatic N) is 3. The fourth-order valence-electron chi connectivity index (χ4n) is 4.11. The molecule has 0 bridgehead atoms. The van der Waals surface area contributed by atoms with Crippen LogP contribution in [0.3, 0.4) is 0 Å². The number of piperazine rings is 1. The number of benzene rings is 3. The number of rotatable bonds is 6. The SMILES string of the molecule is COc1cc(/C=C2\SC(N3CCN(c4ccccc4)CC3)=NC2=O)ccc1OCc1ccccc1. The molecule has 2 aliphatic rings. The summed E-state index contributed by atoms with van der Waals surface area (Å²) >= 11 is 1.44. The highest BCUT2D eigenvalue weighted by Gasteiger charge is 2.28. The quantitative estimate of drug-likeness (QED) is 0.455. The highest BCUT2D eigenvalue weighted by atomic mass is 32.2. The number of ether oxygens (including phenoxy) is 2. The van der Waals surface area contributed by atoms with Crippen molar-refractivity contribution in [2.75, 3.05) is 38.2 Å². The Morgan fingerprint density at radius 2 is 1.57 bits per heavy atom. The van der Waals surface area contributed by atoms with Gasteiger partial charge in [0.2, 0.25) is 0 Å². The van der Waals surface area contributed by atoms with Gasteiger partial charge in [0.15, 0.2) is 16.7 Å². The summed E-state index contributed by atoms with van der Waals surface area (Å²) in [4.78, 5) is 22.1. The summed E-state index contributed by atoms with van der Waals surface area (Å²) in [5, 5.41) is 0.781. The summed E-state index contributed by atoms with van der Waals surface area (Å²) in [5.74, 6) is 1.10. The van der Waals surface area contributed by atoms with Gasteiger partial charge in [0.25, 0.3) is 5.91 Å². The molecule has 0 saturated carbocycles. The van der Waals surface area contributed by atoms with Gasteiger partial charge in [-0.15, -0.1) is 0 Å². The van der Waals surface area contributed by atoms with Crippen LogP contribution in [-0.4, -0.2) is 49.3 Å². The lowest BCUT2D eigenvalue weighted by molar-refractivity contribution is -0.113. The van der Waals surface area contributed by atoms with Crippen LogP contribution in [0.25, 0.3) is 6.08 Å². The van der Waals surface area contributed by atoms with Gasteiger partial charge < -0.3 is 19.3 Å². The molecule has 6 nitrogen and oxygen atoms in total. The van der Waals surface area contributed by atoms with Gasteiger partial charge in [0, 0.05) is 31.9 Å². The Bertz CT molecular complexity index is 1240. The zero-order valence-electron chi connectivity index (χ0n) is 19.6. The van der Waals surface area contributed by atoms with E-state index >= 15 is 0 Å². The van der Waals surface area contributed by atoms with Crippen LogP contribution >= 0.6 is 11.8 Å². The number of hydrogen-bond donors (Lipinski definition) is 0. The van der Waals surface area contributed by atoms with Gasteiger partial charge in [0.1, 0.15) is 6.61 Å². The smallest absolute Gasteiger partial charge is 0.286 e. The van der Waals surface area contributed by atoms with E-state index in [4.69, 9.17) is 9.47 Å². The predicted molar refractivity (Wildman–Crippen MR) is 142 cm³/mol. The van der Waals surface area contributed by atoms with E-state index in [0.29, 0.717) is 23.0 Å². The molecular weight excluding hydrogens is 458 g/mol. The first-order valence-electron chi connectivity index (χ1n) is 11.6. The number of carbonyl (C=O) groups excluding carboxylic acids is 1. The second kappa shape index (κ2) is 10.7. The number of carbonyl (C=O) groups is 1. The van der Waals surface area contributed by atoms with Gasteiger partial charge in [-0.3, -0.25) is 4.79 Å². The van der Waals surface area contributed by atoms with E-state index in [9.17, 15) is 4.79 Å². The van der Waals surface area contributed by atoms with Crippen molar-refractivity contribution in [1.29, 1.82) is 0 Å². The molecule has 2 heterocycles. The zero-order valence-corrected chi connectivity index (χ0v) is 20.4. The normalized spacial score (nSPS) is 17.0. The van der Waals surface area contributed by atoms with E-state index < -0.39 is 0 Å². The number of hydrogen-bond acceptors (Lipinski definition) is 6. The molecule has 7 heteroatoms. The van der Waals surface area contributed by atoms with E-state index in [0.717, 1.165) is 42.5 Å². The van der Waals surface area contributed by atoms with Gasteiger partial charge in [0.05, 0.1) is 12.0 Å². The average Bonchev–Trinajstić information content (AvgIpc) is 3.28. The summed E-state index contributed by atoms with van der Waals surface area (Å²) in [6.07, 6.45) is 1.87. The molecule has 0 N–H and O–H groups in total. The molecule has 1 saturated heterocycles. The van der Waals surface area contributed by atoms with Crippen LogP contribution in [0.5, 0.6) is 11.5 Å². The van der Waals surface area contributed by atoms with Crippen LogP contribution in [0.1, 0.15) is 11.1 Å². The predicted octanol–water partition coefficient (Wildman–Crippen LogP) is 5.07. The van der Waals surface area contributed by atoms with E-state index in [2.05, 4.69) is 39.1 Å². The van der Waals surface area contributed by atoms with Crippen molar-refractivity contribution >= 4 is 34.6 Å². The number of amides is 1. The Morgan fingerprint density at radius 3 is 2.29 bits per heavy atom. The van der Waals surface area contributed by atoms with Gasteiger partial charge in [-0.05, 0) is 53.2 Å². The molecule has 3 aromatic rings. The van der Waals surface area contributed by atoms with Gasteiger partial charge in [-0.2, -0.15) is 4.99 Å². The summed E-state index contributed by atoms with van der Waals surface area (Å²) in [7, 11) is 1.62. The topological polar surface area (TPSA) is 54.4 Å². The molecule has 0 aliphatic carbocycles. The maximum absolute atomic E-state index is 12.6. The van der Waals surface area contributed by atoms with Crippen molar-refractivity contribution in [3.63, 3.8) is 0 Å². The van der Waals surface area contributed by atoms with Gasteiger partial charge in [-0.1, -0.05) is 54.6 Å². The van der Waals surface area contributed by atoms with Gasteiger partial charge >= 0.3 is 0 Å². The molecule has 0 spiro atoms. The fraction of sp³-hybridized carbons (Fsp3) is 0.214. The van der Waals surface area contributed by atoms with Crippen LogP contribution < -0.4 is 14.4 Å². The van der Waals surface area contributed by atoms with E-state index in [1.165, 1.54) is 17.4 Å². The fourth-order valence-corrected chi connectivity index (χ4v) is 5.07. The second-order valence-corrected chi connectivity index (χ2v) is 9.31. The molecule has 1 amide bonds. The molecule has 0 aromatic heterocycles. The Kier molecular flexibility index (Phi) is 7.04. The number of para-hydroxylation sites is 1. The molecule has 2 aliphatic heterocycles. The minimum Gasteiger partial charge on any atom is -0.493 e. The van der Waals surface area contributed by atoms with Crippen LogP contribution in [0, 0.1) is 0 Å². The van der Waals surface area contributed by atoms with Gasteiger partial charge in [-0.25, -0.2) is 0 Å². The second-order valence-electron chi connectivity index (χ2n) is 8.30. The lowest BCUT2D eigenvalue weighted by Gasteiger charge is -2.36. The Hall–Kier alpha value is -3.71. The number of anilines is 1.